The third kappa shape index (κ3) is 5.77. The lowest BCUT2D eigenvalue weighted by molar-refractivity contribution is -0.121. The van der Waals surface area contributed by atoms with Gasteiger partial charge in [-0.05, 0) is 55.4 Å². The van der Waals surface area contributed by atoms with E-state index in [0.717, 1.165) is 30.4 Å². The van der Waals surface area contributed by atoms with Crippen LogP contribution >= 0.6 is 0 Å². The second-order valence-electron chi connectivity index (χ2n) is 7.39. The number of hydrogen-bond acceptors (Lipinski definition) is 3. The minimum atomic E-state index is -0.0781. The molecule has 1 unspecified atom stereocenters. The monoisotopic (exact) mass is 379 g/mol. The van der Waals surface area contributed by atoms with Gasteiger partial charge in [-0.2, -0.15) is 0 Å². The summed E-state index contributed by atoms with van der Waals surface area (Å²) in [6.45, 7) is 3.18. The van der Waals surface area contributed by atoms with Crippen LogP contribution in [0.3, 0.4) is 0 Å². The predicted molar refractivity (Wildman–Crippen MR) is 110 cm³/mol. The fourth-order valence-electron chi connectivity index (χ4n) is 3.59. The topological polar surface area (TPSA) is 55.4 Å². The molecule has 3 rings (SSSR count). The van der Waals surface area contributed by atoms with Crippen molar-refractivity contribution in [1.82, 2.24) is 5.32 Å². The third-order valence-corrected chi connectivity index (χ3v) is 5.28. The van der Waals surface area contributed by atoms with E-state index in [4.69, 9.17) is 4.74 Å². The van der Waals surface area contributed by atoms with E-state index in [-0.39, 0.29) is 30.6 Å². The van der Waals surface area contributed by atoms with Crippen LogP contribution in [0, 0.1) is 0 Å². The number of carbonyl (C=O) groups is 2. The van der Waals surface area contributed by atoms with Gasteiger partial charge in [0, 0.05) is 31.6 Å². The number of hydrogen-bond donors (Lipinski definition) is 1. The molecule has 0 saturated carbocycles. The number of ketones is 1. The van der Waals surface area contributed by atoms with E-state index in [1.165, 1.54) is 17.5 Å². The summed E-state index contributed by atoms with van der Waals surface area (Å²) in [5.41, 5.74) is 4.53. The average Bonchev–Trinajstić information content (AvgIpc) is 3.20. The Hall–Kier alpha value is -2.46. The maximum Gasteiger partial charge on any atom is 0.220 e. The van der Waals surface area contributed by atoms with E-state index in [0.29, 0.717) is 13.2 Å². The predicted octanol–water partition coefficient (Wildman–Crippen LogP) is 4.42. The van der Waals surface area contributed by atoms with Crippen molar-refractivity contribution >= 4 is 11.7 Å². The molecule has 2 aromatic rings. The molecule has 4 heteroatoms. The molecule has 1 aliphatic rings. The van der Waals surface area contributed by atoms with Crippen LogP contribution in [0.4, 0.5) is 0 Å². The molecule has 148 valence electrons. The molecule has 28 heavy (non-hydrogen) atoms. The van der Waals surface area contributed by atoms with Crippen molar-refractivity contribution in [2.45, 2.75) is 51.6 Å². The number of rotatable bonds is 10. The van der Waals surface area contributed by atoms with Gasteiger partial charge in [-0.25, -0.2) is 0 Å². The summed E-state index contributed by atoms with van der Waals surface area (Å²) in [4.78, 5) is 24.3. The Morgan fingerprint density at radius 3 is 2.64 bits per heavy atom. The van der Waals surface area contributed by atoms with Crippen LogP contribution in [0.1, 0.15) is 65.8 Å². The van der Waals surface area contributed by atoms with Crippen LogP contribution in [-0.4, -0.2) is 24.8 Å². The maximum absolute atomic E-state index is 12.3. The Morgan fingerprint density at radius 1 is 1.04 bits per heavy atom. The molecule has 0 saturated heterocycles. The molecule has 0 spiro atoms. The zero-order valence-electron chi connectivity index (χ0n) is 16.6. The Morgan fingerprint density at radius 2 is 1.82 bits per heavy atom. The normalized spacial score (nSPS) is 13.8. The first kappa shape index (κ1) is 20.3. The zero-order chi connectivity index (χ0) is 19.8. The van der Waals surface area contributed by atoms with Gasteiger partial charge < -0.3 is 10.1 Å². The Bertz CT molecular complexity index is 801. The van der Waals surface area contributed by atoms with E-state index < -0.39 is 0 Å². The van der Waals surface area contributed by atoms with Crippen molar-refractivity contribution in [3.8, 4) is 0 Å². The highest BCUT2D eigenvalue weighted by Crippen LogP contribution is 2.23. The van der Waals surface area contributed by atoms with E-state index in [1.807, 2.05) is 49.4 Å². The van der Waals surface area contributed by atoms with E-state index >= 15 is 0 Å². The van der Waals surface area contributed by atoms with E-state index in [2.05, 4.69) is 11.4 Å². The fourth-order valence-corrected chi connectivity index (χ4v) is 3.59. The molecule has 2 aromatic carbocycles. The van der Waals surface area contributed by atoms with Crippen LogP contribution in [0.5, 0.6) is 0 Å². The molecular weight excluding hydrogens is 350 g/mol. The van der Waals surface area contributed by atoms with Crippen molar-refractivity contribution in [1.29, 1.82) is 0 Å². The maximum atomic E-state index is 12.3. The summed E-state index contributed by atoms with van der Waals surface area (Å²) in [6.07, 6.45) is 4.62. The number of Topliss-reactive ketones (excluding diaryl/α,β-unsaturated/α-hetero) is 1. The van der Waals surface area contributed by atoms with Crippen molar-refractivity contribution in [3.63, 3.8) is 0 Å². The minimum absolute atomic E-state index is 0.0434. The van der Waals surface area contributed by atoms with Gasteiger partial charge in [-0.3, -0.25) is 9.59 Å². The Kier molecular flexibility index (Phi) is 7.38. The third-order valence-electron chi connectivity index (χ3n) is 5.28. The quantitative estimate of drug-likeness (QED) is 0.491. The first-order valence-corrected chi connectivity index (χ1v) is 10.2. The van der Waals surface area contributed by atoms with Gasteiger partial charge in [0.1, 0.15) is 0 Å². The molecule has 1 amide bonds. The second-order valence-corrected chi connectivity index (χ2v) is 7.39. The lowest BCUT2D eigenvalue weighted by atomic mass is 10.0. The molecule has 4 nitrogen and oxygen atoms in total. The Balaban J connectivity index is 1.30. The van der Waals surface area contributed by atoms with Gasteiger partial charge in [0.05, 0.1) is 6.10 Å². The van der Waals surface area contributed by atoms with Crippen LogP contribution in [0.25, 0.3) is 0 Å². The number of benzene rings is 2. The van der Waals surface area contributed by atoms with Gasteiger partial charge in [0.2, 0.25) is 5.91 Å². The van der Waals surface area contributed by atoms with E-state index in [1.54, 1.807) is 0 Å². The van der Waals surface area contributed by atoms with Crippen LogP contribution in [0.2, 0.25) is 0 Å². The largest absolute Gasteiger partial charge is 0.374 e. The number of fused-ring (bicyclic) bond motifs is 1. The molecule has 1 atom stereocenters. The van der Waals surface area contributed by atoms with E-state index in [9.17, 15) is 9.59 Å². The summed E-state index contributed by atoms with van der Waals surface area (Å²) < 4.78 is 5.80. The average molecular weight is 380 g/mol. The van der Waals surface area contributed by atoms with Crippen molar-refractivity contribution in [2.75, 3.05) is 13.2 Å². The number of nitrogens with one attached hydrogen (secondary N) is 1. The van der Waals surface area contributed by atoms with Crippen LogP contribution in [0.15, 0.2) is 48.5 Å². The number of aryl methyl sites for hydroxylation is 2. The smallest absolute Gasteiger partial charge is 0.220 e. The van der Waals surface area contributed by atoms with Gasteiger partial charge in [-0.1, -0.05) is 42.5 Å². The molecule has 0 radical (unpaired) electrons. The molecule has 0 bridgehead atoms. The fraction of sp³-hybridized carbons (Fsp3) is 0.417. The second kappa shape index (κ2) is 10.2. The number of carbonyl (C=O) groups excluding carboxylic acids is 2. The summed E-state index contributed by atoms with van der Waals surface area (Å²) >= 11 is 0. The molecule has 1 aliphatic carbocycles. The summed E-state index contributed by atoms with van der Waals surface area (Å²) in [5.74, 6) is -0.0320. The highest BCUT2D eigenvalue weighted by atomic mass is 16.5. The highest BCUT2D eigenvalue weighted by molar-refractivity contribution is 5.98. The summed E-state index contributed by atoms with van der Waals surface area (Å²) in [6, 6.07) is 16.0. The van der Waals surface area contributed by atoms with Gasteiger partial charge >= 0.3 is 0 Å². The molecule has 0 aliphatic heterocycles. The summed E-state index contributed by atoms with van der Waals surface area (Å²) in [5, 5.41) is 2.87. The van der Waals surface area contributed by atoms with Gasteiger partial charge in [-0.15, -0.1) is 0 Å². The van der Waals surface area contributed by atoms with Crippen LogP contribution in [-0.2, 0) is 22.4 Å². The van der Waals surface area contributed by atoms with Crippen LogP contribution < -0.4 is 5.32 Å². The van der Waals surface area contributed by atoms with Gasteiger partial charge in [0.25, 0.3) is 0 Å². The van der Waals surface area contributed by atoms with Gasteiger partial charge in [0.15, 0.2) is 5.78 Å². The lowest BCUT2D eigenvalue weighted by Crippen LogP contribution is -2.25. The van der Waals surface area contributed by atoms with Crippen molar-refractivity contribution < 1.29 is 14.3 Å². The lowest BCUT2D eigenvalue weighted by Gasteiger charge is -2.13. The highest BCUT2D eigenvalue weighted by Gasteiger charge is 2.14. The minimum Gasteiger partial charge on any atom is -0.374 e. The molecule has 1 N–H and O–H groups in total. The standard InChI is InChI=1S/C24H29NO3/c1-18(19-7-3-2-4-8-19)28-16-6-15-25-24(27)14-13-23(26)22-12-11-20-9-5-10-21(20)17-22/h2-4,7-8,11-12,17-18H,5-6,9-10,13-16H2,1H3,(H,25,27). The molecule has 0 fully saturated rings. The number of amides is 1. The zero-order valence-corrected chi connectivity index (χ0v) is 16.6. The SMILES string of the molecule is CC(OCCCNC(=O)CCC(=O)c1ccc2c(c1)CCC2)c1ccccc1. The first-order valence-electron chi connectivity index (χ1n) is 10.2. The summed E-state index contributed by atoms with van der Waals surface area (Å²) in [7, 11) is 0. The molecular formula is C24H29NO3. The Labute approximate surface area is 167 Å². The van der Waals surface area contributed by atoms with Crippen molar-refractivity contribution in [3.05, 3.63) is 70.8 Å². The number of ether oxygens (including phenoxy) is 1. The first-order chi connectivity index (χ1) is 13.6. The molecule has 0 heterocycles. The molecule has 0 aromatic heterocycles. The van der Waals surface area contributed by atoms with Crippen molar-refractivity contribution in [2.24, 2.45) is 0 Å².